The summed E-state index contributed by atoms with van der Waals surface area (Å²) in [5.41, 5.74) is 2.24. The molecule has 1 aromatic heterocycles. The second-order valence-corrected chi connectivity index (χ2v) is 2.34. The SMILES string of the molecule is C=C.CC.Cn1cnc2ccccc21. The number of hydrogen-bond donors (Lipinski definition) is 0. The summed E-state index contributed by atoms with van der Waals surface area (Å²) in [7, 11) is 2.00. The molecule has 76 valence electrons. The van der Waals surface area contributed by atoms with E-state index in [1.165, 1.54) is 5.52 Å². The van der Waals surface area contributed by atoms with Gasteiger partial charge in [0.25, 0.3) is 0 Å². The van der Waals surface area contributed by atoms with Gasteiger partial charge in [-0.05, 0) is 12.1 Å². The molecule has 2 nitrogen and oxygen atoms in total. The van der Waals surface area contributed by atoms with Gasteiger partial charge in [0.2, 0.25) is 0 Å². The highest BCUT2D eigenvalue weighted by Gasteiger charge is 1.93. The molecule has 0 saturated heterocycles. The topological polar surface area (TPSA) is 17.8 Å². The number of aryl methyl sites for hydroxylation is 1. The lowest BCUT2D eigenvalue weighted by Gasteiger charge is -1.90. The third kappa shape index (κ3) is 2.73. The summed E-state index contributed by atoms with van der Waals surface area (Å²) < 4.78 is 2.01. The molecule has 2 aromatic rings. The predicted octanol–water partition coefficient (Wildman–Crippen LogP) is 3.40. The lowest BCUT2D eigenvalue weighted by molar-refractivity contribution is 0.948. The Hall–Kier alpha value is -1.57. The van der Waals surface area contributed by atoms with Crippen molar-refractivity contribution in [1.29, 1.82) is 0 Å². The zero-order valence-electron chi connectivity index (χ0n) is 9.20. The number of aromatic nitrogens is 2. The van der Waals surface area contributed by atoms with E-state index in [-0.39, 0.29) is 0 Å². The molecule has 0 N–H and O–H groups in total. The molecule has 0 aliphatic heterocycles. The third-order valence-electron chi connectivity index (χ3n) is 1.63. The molecule has 0 unspecified atom stereocenters. The van der Waals surface area contributed by atoms with Crippen LogP contribution in [0.5, 0.6) is 0 Å². The summed E-state index contributed by atoms with van der Waals surface area (Å²) in [6.45, 7) is 10.0. The van der Waals surface area contributed by atoms with Gasteiger partial charge < -0.3 is 4.57 Å². The average molecular weight is 190 g/mol. The molecule has 1 aromatic carbocycles. The lowest BCUT2D eigenvalue weighted by atomic mass is 10.3. The maximum Gasteiger partial charge on any atom is 0.0955 e. The van der Waals surface area contributed by atoms with Crippen molar-refractivity contribution in [1.82, 2.24) is 9.55 Å². The van der Waals surface area contributed by atoms with Crippen LogP contribution in [0, 0.1) is 0 Å². The van der Waals surface area contributed by atoms with Crippen LogP contribution in [0.1, 0.15) is 13.8 Å². The Kier molecular flexibility index (Phi) is 6.12. The molecule has 0 fully saturated rings. The molecule has 0 atom stereocenters. The van der Waals surface area contributed by atoms with Gasteiger partial charge in [-0.25, -0.2) is 4.98 Å². The van der Waals surface area contributed by atoms with E-state index < -0.39 is 0 Å². The Labute approximate surface area is 85.9 Å². The van der Waals surface area contributed by atoms with E-state index >= 15 is 0 Å². The van der Waals surface area contributed by atoms with Crippen molar-refractivity contribution >= 4 is 11.0 Å². The molecule has 2 heteroatoms. The molecule has 0 radical (unpaired) electrons. The first kappa shape index (κ1) is 12.4. The molecular formula is C12H18N2. The number of imidazole rings is 1. The predicted molar refractivity (Wildman–Crippen MR) is 63.3 cm³/mol. The standard InChI is InChI=1S/C8H8N2.C2H6.C2H4/c1-10-6-9-7-4-2-3-5-8(7)10;2*1-2/h2-6H,1H3;1-2H3;1-2H2. The van der Waals surface area contributed by atoms with Gasteiger partial charge in [-0.3, -0.25) is 0 Å². The molecule has 0 aliphatic rings. The Morgan fingerprint density at radius 3 is 2.29 bits per heavy atom. The van der Waals surface area contributed by atoms with Crippen LogP contribution in [0.2, 0.25) is 0 Å². The maximum absolute atomic E-state index is 4.18. The van der Waals surface area contributed by atoms with Crippen molar-refractivity contribution in [2.75, 3.05) is 0 Å². The Morgan fingerprint density at radius 2 is 1.71 bits per heavy atom. The molecule has 0 amide bonds. The molecule has 1 heterocycles. The number of para-hydroxylation sites is 2. The molecule has 14 heavy (non-hydrogen) atoms. The monoisotopic (exact) mass is 190 g/mol. The Balaban J connectivity index is 0.000000379. The highest BCUT2D eigenvalue weighted by Crippen LogP contribution is 2.08. The van der Waals surface area contributed by atoms with Gasteiger partial charge >= 0.3 is 0 Å². The number of hydrogen-bond acceptors (Lipinski definition) is 1. The minimum absolute atomic E-state index is 1.06. The van der Waals surface area contributed by atoms with Gasteiger partial charge in [-0.2, -0.15) is 0 Å². The van der Waals surface area contributed by atoms with E-state index in [1.54, 1.807) is 0 Å². The second kappa shape index (κ2) is 6.89. The fourth-order valence-electron chi connectivity index (χ4n) is 1.08. The van der Waals surface area contributed by atoms with Gasteiger partial charge in [0.15, 0.2) is 0 Å². The smallest absolute Gasteiger partial charge is 0.0955 e. The van der Waals surface area contributed by atoms with Crippen LogP contribution in [-0.2, 0) is 7.05 Å². The van der Waals surface area contributed by atoms with Gasteiger partial charge in [-0.1, -0.05) is 26.0 Å². The van der Waals surface area contributed by atoms with E-state index in [2.05, 4.69) is 24.2 Å². The normalized spacial score (nSPS) is 8.21. The largest absolute Gasteiger partial charge is 0.334 e. The third-order valence-corrected chi connectivity index (χ3v) is 1.63. The Morgan fingerprint density at radius 1 is 1.14 bits per heavy atom. The van der Waals surface area contributed by atoms with E-state index in [9.17, 15) is 0 Å². The van der Waals surface area contributed by atoms with Gasteiger partial charge in [0.05, 0.1) is 17.4 Å². The summed E-state index contributed by atoms with van der Waals surface area (Å²) in [6, 6.07) is 8.08. The molecular weight excluding hydrogens is 172 g/mol. The van der Waals surface area contributed by atoms with E-state index in [0.29, 0.717) is 0 Å². The number of nitrogens with zero attached hydrogens (tertiary/aromatic N) is 2. The fraction of sp³-hybridized carbons (Fsp3) is 0.250. The van der Waals surface area contributed by atoms with Crippen molar-refractivity contribution < 1.29 is 0 Å². The summed E-state index contributed by atoms with van der Waals surface area (Å²) in [5.74, 6) is 0. The van der Waals surface area contributed by atoms with Crippen LogP contribution < -0.4 is 0 Å². The van der Waals surface area contributed by atoms with Crippen LogP contribution in [0.3, 0.4) is 0 Å². The van der Waals surface area contributed by atoms with Crippen molar-refractivity contribution in [2.45, 2.75) is 13.8 Å². The van der Waals surface area contributed by atoms with E-state index in [0.717, 1.165) is 5.52 Å². The summed E-state index contributed by atoms with van der Waals surface area (Å²) in [4.78, 5) is 4.18. The zero-order chi connectivity index (χ0) is 11.0. The van der Waals surface area contributed by atoms with Crippen LogP contribution in [0.15, 0.2) is 43.8 Å². The fourth-order valence-corrected chi connectivity index (χ4v) is 1.08. The summed E-state index contributed by atoms with van der Waals surface area (Å²) in [5, 5.41) is 0. The molecule has 0 saturated carbocycles. The highest BCUT2D eigenvalue weighted by atomic mass is 15.0. The highest BCUT2D eigenvalue weighted by molar-refractivity contribution is 5.74. The minimum atomic E-state index is 1.06. The van der Waals surface area contributed by atoms with Crippen LogP contribution >= 0.6 is 0 Å². The number of fused-ring (bicyclic) bond motifs is 1. The second-order valence-electron chi connectivity index (χ2n) is 2.34. The van der Waals surface area contributed by atoms with E-state index in [1.807, 2.05) is 50.0 Å². The van der Waals surface area contributed by atoms with Crippen LogP contribution in [0.25, 0.3) is 11.0 Å². The van der Waals surface area contributed by atoms with Gasteiger partial charge in [-0.15, -0.1) is 13.2 Å². The number of benzene rings is 1. The molecule has 0 aliphatic carbocycles. The van der Waals surface area contributed by atoms with Crippen LogP contribution in [0.4, 0.5) is 0 Å². The zero-order valence-corrected chi connectivity index (χ0v) is 9.20. The van der Waals surface area contributed by atoms with Crippen molar-refractivity contribution in [3.05, 3.63) is 43.8 Å². The minimum Gasteiger partial charge on any atom is -0.334 e. The van der Waals surface area contributed by atoms with E-state index in [4.69, 9.17) is 0 Å². The average Bonchev–Trinajstić information content (AvgIpc) is 2.67. The van der Waals surface area contributed by atoms with Crippen molar-refractivity contribution in [3.8, 4) is 0 Å². The maximum atomic E-state index is 4.18. The molecule has 2 rings (SSSR count). The molecule has 0 spiro atoms. The first-order chi connectivity index (χ1) is 6.88. The van der Waals surface area contributed by atoms with Crippen molar-refractivity contribution in [2.24, 2.45) is 7.05 Å². The summed E-state index contributed by atoms with van der Waals surface area (Å²) >= 11 is 0. The first-order valence-electron chi connectivity index (χ1n) is 4.74. The van der Waals surface area contributed by atoms with Crippen molar-refractivity contribution in [3.63, 3.8) is 0 Å². The summed E-state index contributed by atoms with van der Waals surface area (Å²) in [6.07, 6.45) is 1.82. The lowest BCUT2D eigenvalue weighted by Crippen LogP contribution is -1.81. The quantitative estimate of drug-likeness (QED) is 0.582. The molecule has 0 bridgehead atoms. The first-order valence-corrected chi connectivity index (χ1v) is 4.74. The number of rotatable bonds is 0. The van der Waals surface area contributed by atoms with Gasteiger partial charge in [0, 0.05) is 7.05 Å². The Bertz CT molecular complexity index is 363. The van der Waals surface area contributed by atoms with Gasteiger partial charge in [0.1, 0.15) is 0 Å². The van der Waals surface area contributed by atoms with Crippen LogP contribution in [-0.4, -0.2) is 9.55 Å².